The maximum atomic E-state index is 12.9. The van der Waals surface area contributed by atoms with Crippen molar-refractivity contribution in [1.29, 1.82) is 0 Å². The van der Waals surface area contributed by atoms with Crippen LogP contribution in [-0.4, -0.2) is 97.5 Å². The minimum absolute atomic E-state index is 0.00665. The molecule has 0 saturated carbocycles. The first kappa shape index (κ1) is 65.8. The molecular formula is C57H102O12S. The van der Waals surface area contributed by atoms with E-state index in [2.05, 4.69) is 78.8 Å². The van der Waals surface area contributed by atoms with Crippen molar-refractivity contribution in [1.82, 2.24) is 0 Å². The van der Waals surface area contributed by atoms with Gasteiger partial charge in [-0.2, -0.15) is 8.42 Å². The van der Waals surface area contributed by atoms with Crippen LogP contribution in [-0.2, 0) is 38.3 Å². The van der Waals surface area contributed by atoms with Crippen LogP contribution < -0.4 is 0 Å². The first-order valence-electron chi connectivity index (χ1n) is 28.0. The Kier molecular flexibility index (Phi) is 44.9. The second kappa shape index (κ2) is 47.8. The molecule has 1 heterocycles. The molecule has 13 heteroatoms. The number of hydrogen-bond donors (Lipinski definition) is 4. The highest BCUT2D eigenvalue weighted by Crippen LogP contribution is 2.26. The highest BCUT2D eigenvalue weighted by atomic mass is 32.3. The van der Waals surface area contributed by atoms with Gasteiger partial charge in [0.05, 0.1) is 19.8 Å². The molecule has 1 saturated heterocycles. The Balaban J connectivity index is 2.32. The average Bonchev–Trinajstić information content (AvgIpc) is 3.34. The molecule has 0 bridgehead atoms. The van der Waals surface area contributed by atoms with Crippen LogP contribution >= 0.6 is 0 Å². The summed E-state index contributed by atoms with van der Waals surface area (Å²) in [5.41, 5.74) is 0. The van der Waals surface area contributed by atoms with Crippen LogP contribution in [0.4, 0.5) is 0 Å². The molecule has 70 heavy (non-hydrogen) atoms. The monoisotopic (exact) mass is 1010 g/mol. The molecule has 0 aliphatic carbocycles. The van der Waals surface area contributed by atoms with Crippen molar-refractivity contribution in [3.05, 3.63) is 60.8 Å². The molecule has 1 fully saturated rings. The Morgan fingerprint density at radius 1 is 0.557 bits per heavy atom. The first-order chi connectivity index (χ1) is 34.1. The summed E-state index contributed by atoms with van der Waals surface area (Å²) in [6.07, 6.45) is 52.7. The van der Waals surface area contributed by atoms with Gasteiger partial charge in [0.25, 0.3) is 0 Å². The number of hydrogen-bond acceptors (Lipinski definition) is 11. The quantitative estimate of drug-likeness (QED) is 0.0196. The summed E-state index contributed by atoms with van der Waals surface area (Å²) in [5, 5.41) is 30.8. The minimum atomic E-state index is -5.07. The van der Waals surface area contributed by atoms with E-state index in [-0.39, 0.29) is 19.6 Å². The molecule has 6 unspecified atom stereocenters. The maximum Gasteiger partial charge on any atom is 0.397 e. The topological polar surface area (TPSA) is 178 Å². The van der Waals surface area contributed by atoms with Crippen LogP contribution in [0.25, 0.3) is 0 Å². The van der Waals surface area contributed by atoms with Gasteiger partial charge >= 0.3 is 16.4 Å². The number of esters is 1. The van der Waals surface area contributed by atoms with Gasteiger partial charge in [0.2, 0.25) is 0 Å². The third-order valence-electron chi connectivity index (χ3n) is 12.7. The second-order valence-corrected chi connectivity index (χ2v) is 20.2. The van der Waals surface area contributed by atoms with Gasteiger partial charge in [-0.05, 0) is 57.8 Å². The summed E-state index contributed by atoms with van der Waals surface area (Å²) in [4.78, 5) is 12.9. The molecular weight excluding hydrogens is 909 g/mol. The molecule has 1 aliphatic rings. The summed E-state index contributed by atoms with van der Waals surface area (Å²) in [7, 11) is -5.07. The number of carbonyl (C=O) groups is 1. The Morgan fingerprint density at radius 2 is 0.986 bits per heavy atom. The molecule has 408 valence electrons. The fraction of sp³-hybridized carbons (Fsp3) is 0.807. The SMILES string of the molecule is CC/C=C\C/C=C\C/C=C\C/C=C\C/C=C\CCCCOCC(COC1OC(CO)C(O)C(OS(=O)(=O)O)C1O)OC(=O)CCCCCCCCCCCCCCCCCCCCCCCCCCC. The van der Waals surface area contributed by atoms with E-state index < -0.39 is 59.8 Å². The van der Waals surface area contributed by atoms with E-state index in [0.717, 1.165) is 70.6 Å². The van der Waals surface area contributed by atoms with Crippen molar-refractivity contribution in [2.24, 2.45) is 0 Å². The maximum absolute atomic E-state index is 12.9. The van der Waals surface area contributed by atoms with Gasteiger partial charge in [0.15, 0.2) is 6.29 Å². The van der Waals surface area contributed by atoms with Gasteiger partial charge in [0.1, 0.15) is 30.5 Å². The highest BCUT2D eigenvalue weighted by Gasteiger charge is 2.48. The van der Waals surface area contributed by atoms with Gasteiger partial charge in [-0.25, -0.2) is 4.18 Å². The van der Waals surface area contributed by atoms with E-state index in [1.165, 1.54) is 135 Å². The summed E-state index contributed by atoms with van der Waals surface area (Å²) in [6, 6.07) is 0. The lowest BCUT2D eigenvalue weighted by atomic mass is 9.99. The molecule has 1 rings (SSSR count). The lowest BCUT2D eigenvalue weighted by molar-refractivity contribution is -0.301. The zero-order valence-electron chi connectivity index (χ0n) is 44.1. The molecule has 0 aromatic rings. The lowest BCUT2D eigenvalue weighted by Crippen LogP contribution is -2.60. The Labute approximate surface area is 427 Å². The van der Waals surface area contributed by atoms with Crippen LogP contribution in [0.2, 0.25) is 0 Å². The van der Waals surface area contributed by atoms with Gasteiger partial charge in [-0.15, -0.1) is 0 Å². The number of aliphatic hydroxyl groups excluding tert-OH is 3. The fourth-order valence-corrected chi connectivity index (χ4v) is 8.97. The Morgan fingerprint density at radius 3 is 1.41 bits per heavy atom. The standard InChI is InChI=1S/C57H102O12S/c1-3-5-7-9-11-13-15-17-19-21-23-24-25-26-27-28-29-30-32-34-36-38-40-42-44-46-53(59)67-51(50-66-57-55(61)56(69-70(62,63)64)54(60)52(48-58)68-57)49-65-47-45-43-41-39-37-35-33-31-22-20-18-16-14-12-10-8-6-4-2/h6,8,12,14,18,20,31,33,37,39,51-52,54-58,60-61H,3-5,7,9-11,13,15-17,19,21-30,32,34-36,38,40-50H2,1-2H3,(H,62,63,64)/b8-6-,14-12-,20-18-,33-31-,39-37-. The van der Waals surface area contributed by atoms with Crippen LogP contribution in [0.1, 0.15) is 232 Å². The van der Waals surface area contributed by atoms with Crippen LogP contribution in [0, 0.1) is 0 Å². The van der Waals surface area contributed by atoms with Crippen molar-refractivity contribution in [2.75, 3.05) is 26.4 Å². The normalized spacial score (nSPS) is 19.5. The number of aliphatic hydroxyl groups is 3. The van der Waals surface area contributed by atoms with Gasteiger partial charge in [-0.1, -0.05) is 229 Å². The molecule has 0 radical (unpaired) electrons. The lowest BCUT2D eigenvalue weighted by Gasteiger charge is -2.41. The smallest absolute Gasteiger partial charge is 0.397 e. The van der Waals surface area contributed by atoms with E-state index in [9.17, 15) is 33.1 Å². The number of ether oxygens (including phenoxy) is 4. The summed E-state index contributed by atoms with van der Waals surface area (Å²) in [5.74, 6) is -0.411. The van der Waals surface area contributed by atoms with Gasteiger partial charge in [0, 0.05) is 13.0 Å². The minimum Gasteiger partial charge on any atom is -0.457 e. The first-order valence-corrected chi connectivity index (χ1v) is 29.4. The molecule has 0 spiro atoms. The van der Waals surface area contributed by atoms with E-state index >= 15 is 0 Å². The number of allylic oxidation sites excluding steroid dienone is 10. The van der Waals surface area contributed by atoms with E-state index in [1.54, 1.807) is 0 Å². The average molecular weight is 1010 g/mol. The molecule has 0 aromatic heterocycles. The van der Waals surface area contributed by atoms with E-state index in [1.807, 2.05) is 0 Å². The molecule has 0 amide bonds. The van der Waals surface area contributed by atoms with E-state index in [0.29, 0.717) is 13.0 Å². The Hall–Kier alpha value is -2.20. The molecule has 1 aliphatic heterocycles. The second-order valence-electron chi connectivity index (χ2n) is 19.2. The molecule has 6 atom stereocenters. The van der Waals surface area contributed by atoms with Crippen molar-refractivity contribution in [3.63, 3.8) is 0 Å². The predicted octanol–water partition coefficient (Wildman–Crippen LogP) is 13.6. The van der Waals surface area contributed by atoms with Crippen molar-refractivity contribution >= 4 is 16.4 Å². The zero-order chi connectivity index (χ0) is 51.0. The number of carbonyl (C=O) groups excluding carboxylic acids is 1. The molecule has 0 aromatic carbocycles. The van der Waals surface area contributed by atoms with Crippen molar-refractivity contribution < 1.29 is 56.2 Å². The van der Waals surface area contributed by atoms with Crippen molar-refractivity contribution in [2.45, 2.75) is 269 Å². The number of rotatable bonds is 49. The van der Waals surface area contributed by atoms with E-state index in [4.69, 9.17) is 18.9 Å². The zero-order valence-corrected chi connectivity index (χ0v) is 44.9. The van der Waals surface area contributed by atoms with Crippen LogP contribution in [0.15, 0.2) is 60.8 Å². The largest absolute Gasteiger partial charge is 0.457 e. The van der Waals surface area contributed by atoms with Crippen LogP contribution in [0.5, 0.6) is 0 Å². The number of unbranched alkanes of at least 4 members (excludes halogenated alkanes) is 26. The van der Waals surface area contributed by atoms with Gasteiger partial charge in [-0.3, -0.25) is 9.35 Å². The van der Waals surface area contributed by atoms with Gasteiger partial charge < -0.3 is 34.3 Å². The predicted molar refractivity (Wildman–Crippen MR) is 285 cm³/mol. The summed E-state index contributed by atoms with van der Waals surface area (Å²) >= 11 is 0. The highest BCUT2D eigenvalue weighted by molar-refractivity contribution is 7.80. The molecule has 4 N–H and O–H groups in total. The van der Waals surface area contributed by atoms with Crippen molar-refractivity contribution in [3.8, 4) is 0 Å². The molecule has 12 nitrogen and oxygen atoms in total. The fourth-order valence-electron chi connectivity index (χ4n) is 8.47. The summed E-state index contributed by atoms with van der Waals surface area (Å²) < 4.78 is 59.3. The third kappa shape index (κ3) is 40.3. The van der Waals surface area contributed by atoms with Crippen LogP contribution in [0.3, 0.4) is 0 Å². The third-order valence-corrected chi connectivity index (χ3v) is 13.1. The summed E-state index contributed by atoms with van der Waals surface area (Å²) in [6.45, 7) is 3.80. The Bertz CT molecular complexity index is 1450.